The van der Waals surface area contributed by atoms with Gasteiger partial charge in [-0.3, -0.25) is 0 Å². The van der Waals surface area contributed by atoms with Crippen molar-refractivity contribution in [2.24, 2.45) is 45.0 Å². The quantitative estimate of drug-likeness (QED) is 0.412. The van der Waals surface area contributed by atoms with Crippen molar-refractivity contribution in [2.75, 3.05) is 0 Å². The molecule has 0 amide bonds. The number of carbonyl (C=O) groups is 2. The van der Waals surface area contributed by atoms with E-state index in [0.717, 1.165) is 23.7 Å². The summed E-state index contributed by atoms with van der Waals surface area (Å²) in [5.41, 5.74) is 13.5. The van der Waals surface area contributed by atoms with Crippen molar-refractivity contribution < 1.29 is 9.59 Å². The molecule has 0 bridgehead atoms. The highest BCUT2D eigenvalue weighted by molar-refractivity contribution is 5.65. The third-order valence-electron chi connectivity index (χ3n) is 7.90. The highest BCUT2D eigenvalue weighted by Gasteiger charge is 2.51. The van der Waals surface area contributed by atoms with Gasteiger partial charge in [0.15, 0.2) is 0 Å². The standard InChI is InChI=1S/C28H50N2O2/c1-23(2,3)19-13-15-28(30,26(10,11)12)22(18-32)20(24(4,5)6)14-16-27(29,21(19)17-31)25(7,8)9/h13-14,17-18,21-22H,15-16,29-30H2,1-12H3/b19-13+,20-14+/t21-,22+,27-,28+. The van der Waals surface area contributed by atoms with E-state index in [0.29, 0.717) is 12.8 Å². The van der Waals surface area contributed by atoms with Gasteiger partial charge >= 0.3 is 0 Å². The van der Waals surface area contributed by atoms with Crippen molar-refractivity contribution in [3.63, 3.8) is 0 Å². The van der Waals surface area contributed by atoms with Gasteiger partial charge < -0.3 is 21.1 Å². The molecule has 1 rings (SSSR count). The maximum Gasteiger partial charge on any atom is 0.129 e. The minimum atomic E-state index is -0.811. The largest absolute Gasteiger partial charge is 0.324 e. The molecule has 184 valence electrons. The summed E-state index contributed by atoms with van der Waals surface area (Å²) in [5.74, 6) is -0.922. The van der Waals surface area contributed by atoms with Gasteiger partial charge in [0, 0.05) is 11.1 Å². The molecule has 4 atom stereocenters. The summed E-state index contributed by atoms with van der Waals surface area (Å²) < 4.78 is 0. The lowest BCUT2D eigenvalue weighted by Crippen LogP contribution is -2.61. The first kappa shape index (κ1) is 28.8. The average Bonchev–Trinajstić information content (AvgIpc) is 2.56. The molecule has 0 saturated carbocycles. The first-order chi connectivity index (χ1) is 14.1. The molecule has 0 spiro atoms. The number of nitrogens with two attached hydrogens (primary N) is 2. The molecule has 0 aromatic heterocycles. The zero-order valence-electron chi connectivity index (χ0n) is 22.8. The van der Waals surface area contributed by atoms with E-state index in [4.69, 9.17) is 11.5 Å². The van der Waals surface area contributed by atoms with Crippen molar-refractivity contribution in [3.8, 4) is 0 Å². The van der Waals surface area contributed by atoms with E-state index in [1.54, 1.807) is 0 Å². The maximum atomic E-state index is 12.7. The summed E-state index contributed by atoms with van der Waals surface area (Å²) in [7, 11) is 0. The van der Waals surface area contributed by atoms with Crippen LogP contribution in [0.25, 0.3) is 0 Å². The fourth-order valence-corrected chi connectivity index (χ4v) is 5.10. The summed E-state index contributed by atoms with van der Waals surface area (Å²) >= 11 is 0. The monoisotopic (exact) mass is 446 g/mol. The Kier molecular flexibility index (Phi) is 7.94. The van der Waals surface area contributed by atoms with Crippen molar-refractivity contribution >= 4 is 12.6 Å². The number of hydrogen-bond donors (Lipinski definition) is 2. The van der Waals surface area contributed by atoms with Gasteiger partial charge in [-0.1, -0.05) is 106 Å². The molecule has 0 aliphatic heterocycles. The Bertz CT molecular complexity index is 699. The second-order valence-electron chi connectivity index (χ2n) is 14.0. The van der Waals surface area contributed by atoms with Gasteiger partial charge in [0.05, 0.1) is 11.8 Å². The van der Waals surface area contributed by atoms with Crippen molar-refractivity contribution in [2.45, 2.75) is 107 Å². The molecule has 0 radical (unpaired) electrons. The fourth-order valence-electron chi connectivity index (χ4n) is 5.10. The van der Waals surface area contributed by atoms with Gasteiger partial charge in [-0.25, -0.2) is 0 Å². The molecule has 1 aliphatic rings. The van der Waals surface area contributed by atoms with Gasteiger partial charge in [-0.2, -0.15) is 0 Å². The van der Waals surface area contributed by atoms with Crippen LogP contribution in [0.15, 0.2) is 23.3 Å². The predicted octanol–water partition coefficient (Wildman–Crippen LogP) is 5.84. The molecule has 0 aromatic rings. The molecule has 4 nitrogen and oxygen atoms in total. The third kappa shape index (κ3) is 5.28. The molecular formula is C28H50N2O2. The van der Waals surface area contributed by atoms with Crippen LogP contribution in [0.1, 0.15) is 95.9 Å². The van der Waals surface area contributed by atoms with Gasteiger partial charge in [0.1, 0.15) is 12.6 Å². The second-order valence-corrected chi connectivity index (χ2v) is 14.0. The van der Waals surface area contributed by atoms with Crippen LogP contribution in [0.3, 0.4) is 0 Å². The van der Waals surface area contributed by atoms with E-state index < -0.39 is 22.9 Å². The first-order valence-electron chi connectivity index (χ1n) is 12.0. The van der Waals surface area contributed by atoms with E-state index in [-0.39, 0.29) is 21.7 Å². The molecule has 32 heavy (non-hydrogen) atoms. The van der Waals surface area contributed by atoms with E-state index in [1.165, 1.54) is 0 Å². The smallest absolute Gasteiger partial charge is 0.129 e. The molecular weight excluding hydrogens is 396 g/mol. The van der Waals surface area contributed by atoms with Crippen LogP contribution in [0.5, 0.6) is 0 Å². The summed E-state index contributed by atoms with van der Waals surface area (Å²) in [5, 5.41) is 0. The normalized spacial score (nSPS) is 34.7. The molecule has 4 heteroatoms. The van der Waals surface area contributed by atoms with Crippen LogP contribution in [-0.4, -0.2) is 23.7 Å². The van der Waals surface area contributed by atoms with Crippen LogP contribution >= 0.6 is 0 Å². The summed E-state index contributed by atoms with van der Waals surface area (Å²) in [6.45, 7) is 25.3. The highest BCUT2D eigenvalue weighted by atomic mass is 16.1. The number of rotatable bonds is 2. The average molecular weight is 447 g/mol. The second kappa shape index (κ2) is 8.83. The fraction of sp³-hybridized carbons (Fsp3) is 0.786. The number of hydrogen-bond acceptors (Lipinski definition) is 4. The van der Waals surface area contributed by atoms with Crippen molar-refractivity contribution in [1.82, 2.24) is 0 Å². The molecule has 1 aliphatic carbocycles. The Morgan fingerprint density at radius 1 is 0.656 bits per heavy atom. The Morgan fingerprint density at radius 2 is 0.906 bits per heavy atom. The lowest BCUT2D eigenvalue weighted by molar-refractivity contribution is -0.115. The molecule has 0 saturated heterocycles. The lowest BCUT2D eigenvalue weighted by Gasteiger charge is -2.52. The van der Waals surface area contributed by atoms with E-state index in [9.17, 15) is 9.59 Å². The van der Waals surface area contributed by atoms with E-state index in [2.05, 4.69) is 95.2 Å². The van der Waals surface area contributed by atoms with E-state index in [1.807, 2.05) is 0 Å². The highest BCUT2D eigenvalue weighted by Crippen LogP contribution is 2.50. The summed E-state index contributed by atoms with van der Waals surface area (Å²) in [4.78, 5) is 25.3. The Labute approximate surface area is 197 Å². The topological polar surface area (TPSA) is 86.2 Å². The maximum absolute atomic E-state index is 12.7. The van der Waals surface area contributed by atoms with Crippen LogP contribution in [0.4, 0.5) is 0 Å². The van der Waals surface area contributed by atoms with Crippen LogP contribution in [0, 0.1) is 33.5 Å². The Balaban J connectivity index is 4.11. The number of aldehydes is 2. The Hall–Kier alpha value is -1.26. The molecule has 0 aromatic carbocycles. The zero-order valence-corrected chi connectivity index (χ0v) is 22.8. The van der Waals surface area contributed by atoms with Gasteiger partial charge in [0.25, 0.3) is 0 Å². The van der Waals surface area contributed by atoms with Crippen LogP contribution in [-0.2, 0) is 9.59 Å². The minimum Gasteiger partial charge on any atom is -0.324 e. The first-order valence-corrected chi connectivity index (χ1v) is 12.0. The molecule has 0 unspecified atom stereocenters. The Morgan fingerprint density at radius 3 is 1.06 bits per heavy atom. The van der Waals surface area contributed by atoms with Crippen LogP contribution in [0.2, 0.25) is 0 Å². The minimum absolute atomic E-state index is 0.271. The molecule has 4 N–H and O–H groups in total. The van der Waals surface area contributed by atoms with E-state index >= 15 is 0 Å². The molecule has 0 heterocycles. The van der Waals surface area contributed by atoms with Crippen molar-refractivity contribution in [3.05, 3.63) is 23.3 Å². The summed E-state index contributed by atoms with van der Waals surface area (Å²) in [6, 6.07) is 0. The SMILES string of the molecule is CC(C)(C)/C1=C/C[C@@](N)(C(C)(C)C)[C@@H](C=O)/C(C(C)(C)C)=C\C[C@](N)(C(C)(C)C)[C@@H]1C=O. The van der Waals surface area contributed by atoms with Gasteiger partial charge in [0.2, 0.25) is 0 Å². The van der Waals surface area contributed by atoms with Crippen molar-refractivity contribution in [1.29, 1.82) is 0 Å². The van der Waals surface area contributed by atoms with Crippen LogP contribution < -0.4 is 11.5 Å². The third-order valence-corrected chi connectivity index (χ3v) is 7.90. The lowest BCUT2D eigenvalue weighted by atomic mass is 9.56. The zero-order chi connectivity index (χ0) is 25.6. The summed E-state index contributed by atoms with van der Waals surface area (Å²) in [6.07, 6.45) is 7.29. The molecule has 0 fully saturated rings. The van der Waals surface area contributed by atoms with Gasteiger partial charge in [-0.15, -0.1) is 0 Å². The number of carbonyl (C=O) groups excluding carboxylic acids is 2. The predicted molar refractivity (Wildman–Crippen MR) is 136 cm³/mol. The van der Waals surface area contributed by atoms with Gasteiger partial charge in [-0.05, 0) is 34.5 Å².